The van der Waals surface area contributed by atoms with Crippen molar-refractivity contribution in [3.63, 3.8) is 0 Å². The van der Waals surface area contributed by atoms with Crippen molar-refractivity contribution in [3.05, 3.63) is 97.1 Å². The van der Waals surface area contributed by atoms with E-state index >= 15 is 0 Å². The van der Waals surface area contributed by atoms with Gasteiger partial charge < -0.3 is 20.4 Å². The Labute approximate surface area is 213 Å². The molecule has 9 heteroatoms. The summed E-state index contributed by atoms with van der Waals surface area (Å²) in [5, 5.41) is 2.67. The molecule has 3 aromatic rings. The largest absolute Gasteiger partial charge is 0.457 e. The Kier molecular flexibility index (Phi) is 9.52. The van der Waals surface area contributed by atoms with Crippen molar-refractivity contribution in [3.8, 4) is 11.5 Å². The maximum Gasteiger partial charge on any atom is 0.247 e. The molecular formula is C27H29N3O5S. The Hall–Kier alpha value is -3.79. The lowest BCUT2D eigenvalue weighted by Crippen LogP contribution is -2.49. The first-order chi connectivity index (χ1) is 17.0. The fourth-order valence-corrected chi connectivity index (χ4v) is 4.90. The van der Waals surface area contributed by atoms with Crippen LogP contribution in [0.5, 0.6) is 11.5 Å². The molecule has 1 aliphatic heterocycles. The smallest absolute Gasteiger partial charge is 0.247 e. The number of amides is 2. The van der Waals surface area contributed by atoms with E-state index in [4.69, 9.17) is 4.74 Å². The van der Waals surface area contributed by atoms with Gasteiger partial charge in [0.2, 0.25) is 11.8 Å². The molecule has 3 aromatic carbocycles. The maximum absolute atomic E-state index is 13.0. The molecule has 0 saturated carbocycles. The highest BCUT2D eigenvalue weighted by Crippen LogP contribution is 2.26. The zero-order valence-corrected chi connectivity index (χ0v) is 20.6. The standard InChI is InChI=1S/C27H27N3O4S.H2O/c1-2-26(31)28-22-12-14-24(15-13-22)35(33)30-18-16-29(17-19-30)27(32)20-21-8-6-7-11-25(21)34-23-9-4-3-5-10-23;/h2-15H,1,16-20H2,(H,28,31);1H2. The monoisotopic (exact) mass is 507 g/mol. The zero-order valence-electron chi connectivity index (χ0n) is 19.8. The molecule has 1 fully saturated rings. The van der Waals surface area contributed by atoms with E-state index in [1.807, 2.05) is 58.9 Å². The minimum absolute atomic E-state index is 0. The van der Waals surface area contributed by atoms with E-state index in [0.29, 0.717) is 42.5 Å². The maximum atomic E-state index is 13.0. The molecule has 1 unspecified atom stereocenters. The number of anilines is 1. The highest BCUT2D eigenvalue weighted by Gasteiger charge is 2.25. The van der Waals surface area contributed by atoms with Gasteiger partial charge in [-0.3, -0.25) is 9.59 Å². The van der Waals surface area contributed by atoms with Crippen LogP contribution in [0, 0.1) is 0 Å². The van der Waals surface area contributed by atoms with Crippen molar-refractivity contribution in [1.82, 2.24) is 9.21 Å². The van der Waals surface area contributed by atoms with Crippen LogP contribution in [-0.2, 0) is 27.0 Å². The molecule has 4 rings (SSSR count). The second kappa shape index (κ2) is 12.8. The highest BCUT2D eigenvalue weighted by atomic mass is 32.2. The van der Waals surface area contributed by atoms with Crippen LogP contribution in [0.25, 0.3) is 0 Å². The SMILES string of the molecule is C=CC(=O)Nc1ccc(S(=O)N2CCN(C(=O)Cc3ccccc3Oc3ccccc3)CC2)cc1.O. The second-order valence-electron chi connectivity index (χ2n) is 7.98. The third-order valence-corrected chi connectivity index (χ3v) is 7.13. The first kappa shape index (κ1) is 26.8. The first-order valence-electron chi connectivity index (χ1n) is 11.3. The Morgan fingerprint density at radius 3 is 2.22 bits per heavy atom. The summed E-state index contributed by atoms with van der Waals surface area (Å²) in [6, 6.07) is 23.9. The molecule has 2 amide bonds. The molecule has 188 valence electrons. The Bertz CT molecular complexity index is 1210. The van der Waals surface area contributed by atoms with Gasteiger partial charge in [-0.05, 0) is 48.5 Å². The quantitative estimate of drug-likeness (QED) is 0.472. The van der Waals surface area contributed by atoms with Crippen molar-refractivity contribution < 1.29 is 24.0 Å². The molecule has 36 heavy (non-hydrogen) atoms. The average Bonchev–Trinajstić information content (AvgIpc) is 2.90. The number of nitrogens with zero attached hydrogens (tertiary/aromatic N) is 2. The molecule has 1 aliphatic rings. The van der Waals surface area contributed by atoms with Crippen LogP contribution in [0.1, 0.15) is 5.56 Å². The number of carbonyl (C=O) groups excluding carboxylic acids is 2. The number of rotatable bonds is 8. The third kappa shape index (κ3) is 6.88. The van der Waals surface area contributed by atoms with Gasteiger partial charge in [0.1, 0.15) is 22.5 Å². The Balaban J connectivity index is 0.00000361. The number of benzene rings is 3. The predicted octanol–water partition coefficient (Wildman–Crippen LogP) is 3.19. The topological polar surface area (TPSA) is 110 Å². The highest BCUT2D eigenvalue weighted by molar-refractivity contribution is 7.82. The van der Waals surface area contributed by atoms with Crippen molar-refractivity contribution in [2.45, 2.75) is 11.3 Å². The van der Waals surface area contributed by atoms with Crippen LogP contribution in [0.2, 0.25) is 0 Å². The van der Waals surface area contributed by atoms with E-state index in [2.05, 4.69) is 11.9 Å². The summed E-state index contributed by atoms with van der Waals surface area (Å²) in [6.45, 7) is 5.44. The number of hydrogen-bond acceptors (Lipinski definition) is 4. The van der Waals surface area contributed by atoms with Crippen molar-refractivity contribution in [1.29, 1.82) is 0 Å². The lowest BCUT2D eigenvalue weighted by molar-refractivity contribution is -0.131. The average molecular weight is 508 g/mol. The fourth-order valence-electron chi connectivity index (χ4n) is 3.74. The van der Waals surface area contributed by atoms with Crippen LogP contribution in [0.15, 0.2) is 96.4 Å². The van der Waals surface area contributed by atoms with Gasteiger partial charge in [0.15, 0.2) is 0 Å². The molecule has 0 spiro atoms. The van der Waals surface area contributed by atoms with Crippen LogP contribution in [-0.4, -0.2) is 56.9 Å². The normalized spacial score (nSPS) is 14.3. The lowest BCUT2D eigenvalue weighted by Gasteiger charge is -2.34. The summed E-state index contributed by atoms with van der Waals surface area (Å²) in [6.07, 6.45) is 1.44. The van der Waals surface area contributed by atoms with Crippen molar-refractivity contribution in [2.75, 3.05) is 31.5 Å². The van der Waals surface area contributed by atoms with Gasteiger partial charge in [-0.25, -0.2) is 8.51 Å². The Morgan fingerprint density at radius 1 is 0.917 bits per heavy atom. The van der Waals surface area contributed by atoms with Gasteiger partial charge >= 0.3 is 0 Å². The fraction of sp³-hybridized carbons (Fsp3) is 0.185. The predicted molar refractivity (Wildman–Crippen MR) is 140 cm³/mol. The zero-order chi connectivity index (χ0) is 24.6. The van der Waals surface area contributed by atoms with Gasteiger partial charge in [0, 0.05) is 37.4 Å². The molecule has 0 aliphatic carbocycles. The van der Waals surface area contributed by atoms with Crippen molar-refractivity contribution >= 4 is 28.5 Å². The van der Waals surface area contributed by atoms with Gasteiger partial charge in [-0.1, -0.05) is 43.0 Å². The van der Waals surface area contributed by atoms with Gasteiger partial charge in [0.25, 0.3) is 0 Å². The second-order valence-corrected chi connectivity index (χ2v) is 9.46. The molecule has 1 heterocycles. The summed E-state index contributed by atoms with van der Waals surface area (Å²) in [5.41, 5.74) is 1.44. The summed E-state index contributed by atoms with van der Waals surface area (Å²) < 4.78 is 20.8. The minimum Gasteiger partial charge on any atom is -0.457 e. The van der Waals surface area contributed by atoms with Crippen molar-refractivity contribution in [2.24, 2.45) is 0 Å². The van der Waals surface area contributed by atoms with Crippen LogP contribution < -0.4 is 10.1 Å². The number of nitrogens with one attached hydrogen (secondary N) is 1. The lowest BCUT2D eigenvalue weighted by atomic mass is 10.1. The molecule has 1 saturated heterocycles. The number of ether oxygens (including phenoxy) is 1. The molecule has 0 aromatic heterocycles. The van der Waals surface area contributed by atoms with Crippen LogP contribution >= 0.6 is 0 Å². The molecule has 3 N–H and O–H groups in total. The van der Waals surface area contributed by atoms with E-state index < -0.39 is 11.0 Å². The number of piperazine rings is 1. The van der Waals surface area contributed by atoms with Crippen LogP contribution in [0.4, 0.5) is 5.69 Å². The first-order valence-corrected chi connectivity index (χ1v) is 12.4. The Morgan fingerprint density at radius 2 is 1.56 bits per heavy atom. The van der Waals surface area contributed by atoms with E-state index in [-0.39, 0.29) is 23.7 Å². The molecular weight excluding hydrogens is 478 g/mol. The molecule has 8 nitrogen and oxygen atoms in total. The van der Waals surface area contributed by atoms with Crippen LogP contribution in [0.3, 0.4) is 0 Å². The van der Waals surface area contributed by atoms with E-state index in [1.54, 1.807) is 29.2 Å². The number of para-hydroxylation sites is 2. The summed E-state index contributed by atoms with van der Waals surface area (Å²) in [4.78, 5) is 26.9. The number of hydrogen-bond donors (Lipinski definition) is 1. The molecule has 0 bridgehead atoms. The number of carbonyl (C=O) groups is 2. The summed E-state index contributed by atoms with van der Waals surface area (Å²) in [5.74, 6) is 1.11. The molecule has 1 atom stereocenters. The molecule has 0 radical (unpaired) electrons. The third-order valence-electron chi connectivity index (χ3n) is 5.62. The van der Waals surface area contributed by atoms with E-state index in [1.165, 1.54) is 6.08 Å². The summed E-state index contributed by atoms with van der Waals surface area (Å²) >= 11 is 0. The van der Waals surface area contributed by atoms with Gasteiger partial charge in [-0.2, -0.15) is 0 Å². The van der Waals surface area contributed by atoms with Gasteiger partial charge in [-0.15, -0.1) is 0 Å². The summed E-state index contributed by atoms with van der Waals surface area (Å²) in [7, 11) is -1.34. The minimum atomic E-state index is -1.34. The van der Waals surface area contributed by atoms with Gasteiger partial charge in [0.05, 0.1) is 11.3 Å². The van der Waals surface area contributed by atoms with E-state index in [0.717, 1.165) is 11.3 Å². The van der Waals surface area contributed by atoms with E-state index in [9.17, 15) is 13.8 Å².